The van der Waals surface area contributed by atoms with Crippen LogP contribution in [0.2, 0.25) is 0 Å². The highest BCUT2D eigenvalue weighted by atomic mass is 32.2. The minimum absolute atomic E-state index is 0.0300. The molecule has 0 aromatic heterocycles. The Morgan fingerprint density at radius 2 is 1.48 bits per heavy atom. The zero-order valence-corrected chi connectivity index (χ0v) is 18.3. The van der Waals surface area contributed by atoms with Gasteiger partial charge in [-0.3, -0.25) is 4.79 Å². The van der Waals surface area contributed by atoms with Crippen molar-refractivity contribution in [1.29, 1.82) is 0 Å². The SMILES string of the molecule is CC(C)C(NS(=O)(=O)c1ccc(-c2ccc(CO)cc2)cc1)C(=O)OC(C)(C)C. The topological polar surface area (TPSA) is 92.7 Å². The first kappa shape index (κ1) is 23.1. The zero-order chi connectivity index (χ0) is 21.8. The van der Waals surface area contributed by atoms with Crippen molar-refractivity contribution in [2.45, 2.75) is 57.8 Å². The van der Waals surface area contributed by atoms with Gasteiger partial charge in [-0.1, -0.05) is 50.2 Å². The van der Waals surface area contributed by atoms with Crippen LogP contribution in [0.25, 0.3) is 11.1 Å². The maximum Gasteiger partial charge on any atom is 0.324 e. The molecule has 2 N–H and O–H groups in total. The second-order valence-corrected chi connectivity index (χ2v) is 9.97. The molecule has 2 rings (SSSR count). The predicted octanol–water partition coefficient (Wildman–Crippen LogP) is 3.49. The van der Waals surface area contributed by atoms with Crippen LogP contribution in [0.3, 0.4) is 0 Å². The lowest BCUT2D eigenvalue weighted by Crippen LogP contribution is -2.47. The van der Waals surface area contributed by atoms with E-state index in [4.69, 9.17) is 9.84 Å². The van der Waals surface area contributed by atoms with Gasteiger partial charge in [-0.15, -0.1) is 0 Å². The van der Waals surface area contributed by atoms with Gasteiger partial charge in [-0.25, -0.2) is 8.42 Å². The third-order valence-corrected chi connectivity index (χ3v) is 5.70. The molecule has 7 heteroatoms. The molecule has 0 saturated heterocycles. The fourth-order valence-electron chi connectivity index (χ4n) is 2.69. The summed E-state index contributed by atoms with van der Waals surface area (Å²) in [7, 11) is -3.90. The molecule has 0 spiro atoms. The van der Waals surface area contributed by atoms with Crippen LogP contribution in [0.1, 0.15) is 40.2 Å². The number of hydrogen-bond donors (Lipinski definition) is 2. The van der Waals surface area contributed by atoms with Gasteiger partial charge < -0.3 is 9.84 Å². The molecule has 6 nitrogen and oxygen atoms in total. The van der Waals surface area contributed by atoms with Gasteiger partial charge in [0.15, 0.2) is 0 Å². The molecule has 0 aliphatic heterocycles. The van der Waals surface area contributed by atoms with Crippen LogP contribution < -0.4 is 4.72 Å². The van der Waals surface area contributed by atoms with Crippen LogP contribution in [-0.4, -0.2) is 31.1 Å². The third-order valence-electron chi connectivity index (χ3n) is 4.24. The standard InChI is InChI=1S/C22H29NO5S/c1-15(2)20(21(25)28-22(3,4)5)23-29(26,27)19-12-10-18(11-13-19)17-8-6-16(14-24)7-9-17/h6-13,15,20,23-24H,14H2,1-5H3. The lowest BCUT2D eigenvalue weighted by molar-refractivity contribution is -0.158. The first-order valence-corrected chi connectivity index (χ1v) is 11.0. The van der Waals surface area contributed by atoms with E-state index in [1.54, 1.807) is 46.8 Å². The summed E-state index contributed by atoms with van der Waals surface area (Å²) in [5.41, 5.74) is 1.86. The fourth-order valence-corrected chi connectivity index (χ4v) is 4.02. The number of esters is 1. The van der Waals surface area contributed by atoms with Crippen LogP contribution in [-0.2, 0) is 26.2 Å². The Morgan fingerprint density at radius 3 is 1.90 bits per heavy atom. The Morgan fingerprint density at radius 1 is 1.00 bits per heavy atom. The number of sulfonamides is 1. The van der Waals surface area contributed by atoms with E-state index in [0.29, 0.717) is 0 Å². The lowest BCUT2D eigenvalue weighted by atomic mass is 10.0. The van der Waals surface area contributed by atoms with Crippen molar-refractivity contribution in [3.05, 3.63) is 54.1 Å². The molecule has 2 aromatic carbocycles. The van der Waals surface area contributed by atoms with E-state index in [1.807, 2.05) is 24.3 Å². The average Bonchev–Trinajstić information content (AvgIpc) is 2.64. The normalized spacial score (nSPS) is 13.3. The van der Waals surface area contributed by atoms with Crippen molar-refractivity contribution in [3.8, 4) is 11.1 Å². The monoisotopic (exact) mass is 419 g/mol. The molecule has 1 atom stereocenters. The van der Waals surface area contributed by atoms with E-state index in [1.165, 1.54) is 12.1 Å². The minimum atomic E-state index is -3.90. The second kappa shape index (κ2) is 9.07. The second-order valence-electron chi connectivity index (χ2n) is 8.26. The molecule has 0 aliphatic rings. The number of carbonyl (C=O) groups excluding carboxylic acids is 1. The number of aliphatic hydroxyl groups excluding tert-OH is 1. The summed E-state index contributed by atoms with van der Waals surface area (Å²) in [4.78, 5) is 12.5. The van der Waals surface area contributed by atoms with Crippen LogP contribution in [0.5, 0.6) is 0 Å². The lowest BCUT2D eigenvalue weighted by Gasteiger charge is -2.26. The Bertz CT molecular complexity index is 927. The van der Waals surface area contributed by atoms with Gasteiger partial charge in [0, 0.05) is 0 Å². The van der Waals surface area contributed by atoms with Gasteiger partial charge in [0.05, 0.1) is 11.5 Å². The maximum atomic E-state index is 12.8. The fraction of sp³-hybridized carbons (Fsp3) is 0.409. The van der Waals surface area contributed by atoms with Crippen molar-refractivity contribution in [1.82, 2.24) is 4.72 Å². The zero-order valence-electron chi connectivity index (χ0n) is 17.5. The Balaban J connectivity index is 2.21. The quantitative estimate of drug-likeness (QED) is 0.670. The van der Waals surface area contributed by atoms with E-state index in [-0.39, 0.29) is 17.4 Å². The maximum absolute atomic E-state index is 12.8. The number of carbonyl (C=O) groups is 1. The van der Waals surface area contributed by atoms with Crippen molar-refractivity contribution >= 4 is 16.0 Å². The van der Waals surface area contributed by atoms with Gasteiger partial charge in [-0.05, 0) is 55.5 Å². The highest BCUT2D eigenvalue weighted by Gasteiger charge is 2.32. The smallest absolute Gasteiger partial charge is 0.324 e. The van der Waals surface area contributed by atoms with Crippen LogP contribution in [0, 0.1) is 5.92 Å². The number of ether oxygens (including phenoxy) is 1. The number of hydrogen-bond acceptors (Lipinski definition) is 5. The van der Waals surface area contributed by atoms with Crippen LogP contribution in [0.4, 0.5) is 0 Å². The van der Waals surface area contributed by atoms with E-state index in [9.17, 15) is 13.2 Å². The highest BCUT2D eigenvalue weighted by molar-refractivity contribution is 7.89. The molecular weight excluding hydrogens is 390 g/mol. The van der Waals surface area contributed by atoms with Crippen molar-refractivity contribution in [2.24, 2.45) is 5.92 Å². The molecule has 29 heavy (non-hydrogen) atoms. The van der Waals surface area contributed by atoms with Crippen LogP contribution >= 0.6 is 0 Å². The minimum Gasteiger partial charge on any atom is -0.459 e. The molecular formula is C22H29NO5S. The summed E-state index contributed by atoms with van der Waals surface area (Å²) >= 11 is 0. The molecule has 0 fully saturated rings. The molecule has 0 aliphatic carbocycles. The summed E-state index contributed by atoms with van der Waals surface area (Å²) in [6.07, 6.45) is 0. The largest absolute Gasteiger partial charge is 0.459 e. The number of rotatable bonds is 7. The number of nitrogens with one attached hydrogen (secondary N) is 1. The van der Waals surface area contributed by atoms with Gasteiger partial charge in [-0.2, -0.15) is 4.72 Å². The Labute approximate surface area is 173 Å². The summed E-state index contributed by atoms with van der Waals surface area (Å²) < 4.78 is 33.4. The van der Waals surface area contributed by atoms with Gasteiger partial charge in [0.25, 0.3) is 0 Å². The van der Waals surface area contributed by atoms with Gasteiger partial charge in [0.1, 0.15) is 11.6 Å². The summed E-state index contributed by atoms with van der Waals surface area (Å²) in [5, 5.41) is 9.13. The van der Waals surface area contributed by atoms with Crippen LogP contribution in [0.15, 0.2) is 53.4 Å². The average molecular weight is 420 g/mol. The molecule has 158 valence electrons. The predicted molar refractivity (Wildman–Crippen MR) is 113 cm³/mol. The number of benzene rings is 2. The third kappa shape index (κ3) is 6.39. The molecule has 0 amide bonds. The van der Waals surface area contributed by atoms with Crippen molar-refractivity contribution in [3.63, 3.8) is 0 Å². The van der Waals surface area contributed by atoms with E-state index < -0.39 is 27.6 Å². The van der Waals surface area contributed by atoms with E-state index in [2.05, 4.69) is 4.72 Å². The summed E-state index contributed by atoms with van der Waals surface area (Å²) in [5.74, 6) is -0.874. The molecule has 0 heterocycles. The summed E-state index contributed by atoms with van der Waals surface area (Å²) in [6.45, 7) is 8.71. The van der Waals surface area contributed by atoms with E-state index in [0.717, 1.165) is 16.7 Å². The van der Waals surface area contributed by atoms with Gasteiger partial charge >= 0.3 is 5.97 Å². The summed E-state index contributed by atoms with van der Waals surface area (Å²) in [6, 6.07) is 12.8. The number of aliphatic hydroxyl groups is 1. The highest BCUT2D eigenvalue weighted by Crippen LogP contribution is 2.23. The first-order valence-electron chi connectivity index (χ1n) is 9.48. The molecule has 0 radical (unpaired) electrons. The molecule has 0 bridgehead atoms. The van der Waals surface area contributed by atoms with E-state index >= 15 is 0 Å². The van der Waals surface area contributed by atoms with Gasteiger partial charge in [0.2, 0.25) is 10.0 Å². The molecule has 2 aromatic rings. The first-order chi connectivity index (χ1) is 13.4. The molecule has 0 saturated carbocycles. The Kier molecular flexibility index (Phi) is 7.21. The van der Waals surface area contributed by atoms with Crippen molar-refractivity contribution in [2.75, 3.05) is 0 Å². The van der Waals surface area contributed by atoms with Crippen molar-refractivity contribution < 1.29 is 23.1 Å². The molecule has 1 unspecified atom stereocenters. The Hall–Kier alpha value is -2.22.